The molecule has 0 unspecified atom stereocenters. The highest BCUT2D eigenvalue weighted by Crippen LogP contribution is 2.17. The number of carbonyl (C=O) groups excluding carboxylic acids is 2. The first kappa shape index (κ1) is 14.5. The first-order valence-corrected chi connectivity index (χ1v) is 7.05. The summed E-state index contributed by atoms with van der Waals surface area (Å²) < 4.78 is 5.23. The van der Waals surface area contributed by atoms with Crippen LogP contribution in [0.15, 0.2) is 54.6 Å². The Morgan fingerprint density at radius 2 is 1.55 bits per heavy atom. The van der Waals surface area contributed by atoms with E-state index in [1.165, 1.54) is 0 Å². The summed E-state index contributed by atoms with van der Waals surface area (Å²) in [6.45, 7) is 1.77. The number of carbonyl (C=O) groups is 2. The number of rotatable bonds is 4. The molecule has 0 fully saturated rings. The van der Waals surface area contributed by atoms with Crippen molar-refractivity contribution in [2.24, 2.45) is 0 Å². The van der Waals surface area contributed by atoms with Gasteiger partial charge in [-0.25, -0.2) is 4.79 Å². The molecule has 0 saturated carbocycles. The fourth-order valence-corrected chi connectivity index (χ4v) is 1.92. The maximum atomic E-state index is 11.8. The Labute approximate surface area is 125 Å². The lowest BCUT2D eigenvalue weighted by Crippen LogP contribution is -2.10. The Bertz CT molecular complexity index is 603. The molecule has 0 amide bonds. The van der Waals surface area contributed by atoms with Gasteiger partial charge in [-0.05, 0) is 43.3 Å². The molecular weight excluding hydrogens is 320 g/mol. The SMILES string of the molecule is C[C@H](Br)C(=O)c1ccc(OC(=O)c2ccccc2)cc1. The highest BCUT2D eigenvalue weighted by Gasteiger charge is 2.12. The van der Waals surface area contributed by atoms with E-state index in [9.17, 15) is 9.59 Å². The molecule has 0 spiro atoms. The molecule has 4 heteroatoms. The second-order valence-corrected chi connectivity index (χ2v) is 5.63. The predicted octanol–water partition coefficient (Wildman–Crippen LogP) is 3.87. The third-order valence-electron chi connectivity index (χ3n) is 2.72. The third kappa shape index (κ3) is 3.54. The van der Waals surface area contributed by atoms with Gasteiger partial charge in [0.1, 0.15) is 5.75 Å². The predicted molar refractivity (Wildman–Crippen MR) is 80.6 cm³/mol. The minimum Gasteiger partial charge on any atom is -0.423 e. The molecule has 0 aromatic heterocycles. The van der Waals surface area contributed by atoms with Gasteiger partial charge in [-0.15, -0.1) is 0 Å². The molecule has 0 aliphatic carbocycles. The smallest absolute Gasteiger partial charge is 0.343 e. The quantitative estimate of drug-likeness (QED) is 0.369. The van der Waals surface area contributed by atoms with Crippen molar-refractivity contribution in [3.8, 4) is 5.75 Å². The second kappa shape index (κ2) is 6.48. The molecule has 3 nitrogen and oxygen atoms in total. The van der Waals surface area contributed by atoms with Gasteiger partial charge in [-0.2, -0.15) is 0 Å². The van der Waals surface area contributed by atoms with Crippen LogP contribution in [-0.4, -0.2) is 16.6 Å². The molecule has 2 aromatic carbocycles. The Balaban J connectivity index is 2.08. The summed E-state index contributed by atoms with van der Waals surface area (Å²) in [5, 5.41) is 0. The van der Waals surface area contributed by atoms with Crippen molar-refractivity contribution in [2.75, 3.05) is 0 Å². The zero-order valence-corrected chi connectivity index (χ0v) is 12.5. The number of hydrogen-bond donors (Lipinski definition) is 0. The van der Waals surface area contributed by atoms with Crippen molar-refractivity contribution in [2.45, 2.75) is 11.8 Å². The lowest BCUT2D eigenvalue weighted by Gasteiger charge is -2.06. The molecule has 0 aliphatic rings. The number of Topliss-reactive ketones (excluding diaryl/α,β-unsaturated/α-hetero) is 1. The normalized spacial score (nSPS) is 11.7. The van der Waals surface area contributed by atoms with Crippen molar-refractivity contribution in [3.05, 3.63) is 65.7 Å². The summed E-state index contributed by atoms with van der Waals surface area (Å²) in [7, 11) is 0. The average Bonchev–Trinajstić information content (AvgIpc) is 2.48. The van der Waals surface area contributed by atoms with E-state index in [1.807, 2.05) is 6.07 Å². The zero-order valence-electron chi connectivity index (χ0n) is 10.9. The van der Waals surface area contributed by atoms with E-state index in [4.69, 9.17) is 4.74 Å². The van der Waals surface area contributed by atoms with Crippen LogP contribution in [0.2, 0.25) is 0 Å². The lowest BCUT2D eigenvalue weighted by atomic mass is 10.1. The van der Waals surface area contributed by atoms with Crippen LogP contribution >= 0.6 is 15.9 Å². The van der Waals surface area contributed by atoms with Gasteiger partial charge in [0, 0.05) is 5.56 Å². The van der Waals surface area contributed by atoms with Gasteiger partial charge < -0.3 is 4.74 Å². The standard InChI is InChI=1S/C16H13BrO3/c1-11(17)15(18)12-7-9-14(10-8-12)20-16(19)13-5-3-2-4-6-13/h2-11H,1H3/t11-/m0/s1. The Kier molecular flexibility index (Phi) is 4.69. The molecule has 0 saturated heterocycles. The molecule has 0 aliphatic heterocycles. The van der Waals surface area contributed by atoms with Crippen molar-refractivity contribution in [3.63, 3.8) is 0 Å². The summed E-state index contributed by atoms with van der Waals surface area (Å²) in [6, 6.07) is 15.3. The van der Waals surface area contributed by atoms with Gasteiger partial charge in [0.25, 0.3) is 0 Å². The van der Waals surface area contributed by atoms with Crippen LogP contribution in [0.25, 0.3) is 0 Å². The number of benzene rings is 2. The van der Waals surface area contributed by atoms with Crippen LogP contribution in [0, 0.1) is 0 Å². The summed E-state index contributed by atoms with van der Waals surface area (Å²) in [4.78, 5) is 23.4. The van der Waals surface area contributed by atoms with E-state index in [0.29, 0.717) is 16.9 Å². The van der Waals surface area contributed by atoms with Gasteiger partial charge >= 0.3 is 5.97 Å². The highest BCUT2D eigenvalue weighted by atomic mass is 79.9. The third-order valence-corrected chi connectivity index (χ3v) is 3.14. The maximum Gasteiger partial charge on any atom is 0.343 e. The Hall–Kier alpha value is -1.94. The minimum atomic E-state index is -0.418. The van der Waals surface area contributed by atoms with E-state index in [1.54, 1.807) is 55.5 Å². The van der Waals surface area contributed by atoms with E-state index in [0.717, 1.165) is 0 Å². The van der Waals surface area contributed by atoms with Crippen molar-refractivity contribution >= 4 is 27.7 Å². The lowest BCUT2D eigenvalue weighted by molar-refractivity contribution is 0.0734. The van der Waals surface area contributed by atoms with Crippen LogP contribution in [0.1, 0.15) is 27.6 Å². The van der Waals surface area contributed by atoms with Gasteiger partial charge in [-0.3, -0.25) is 4.79 Å². The minimum absolute atomic E-state index is 0.00839. The van der Waals surface area contributed by atoms with Crippen LogP contribution in [0.3, 0.4) is 0 Å². The molecule has 0 N–H and O–H groups in total. The number of ketones is 1. The van der Waals surface area contributed by atoms with Gasteiger partial charge in [0.15, 0.2) is 5.78 Å². The van der Waals surface area contributed by atoms with Crippen molar-refractivity contribution < 1.29 is 14.3 Å². The summed E-state index contributed by atoms with van der Waals surface area (Å²) in [5.41, 5.74) is 1.07. The summed E-state index contributed by atoms with van der Waals surface area (Å²) in [5.74, 6) is -0.0119. The number of ether oxygens (including phenoxy) is 1. The van der Waals surface area contributed by atoms with Crippen molar-refractivity contribution in [1.82, 2.24) is 0 Å². The first-order chi connectivity index (χ1) is 9.58. The highest BCUT2D eigenvalue weighted by molar-refractivity contribution is 9.10. The van der Waals surface area contributed by atoms with Crippen LogP contribution in [-0.2, 0) is 0 Å². The summed E-state index contributed by atoms with van der Waals surface area (Å²) >= 11 is 3.23. The Morgan fingerprint density at radius 1 is 0.950 bits per heavy atom. The number of alkyl halides is 1. The monoisotopic (exact) mass is 332 g/mol. The van der Waals surface area contributed by atoms with Gasteiger partial charge in [0.05, 0.1) is 10.4 Å². The summed E-state index contributed by atoms with van der Waals surface area (Å²) in [6.07, 6.45) is 0. The Morgan fingerprint density at radius 3 is 2.10 bits per heavy atom. The van der Waals surface area contributed by atoms with E-state index in [2.05, 4.69) is 15.9 Å². The topological polar surface area (TPSA) is 43.4 Å². The molecule has 2 rings (SSSR count). The van der Waals surface area contributed by atoms with Crippen LogP contribution in [0.4, 0.5) is 0 Å². The molecule has 0 bridgehead atoms. The first-order valence-electron chi connectivity index (χ1n) is 6.13. The van der Waals surface area contributed by atoms with Gasteiger partial charge in [-0.1, -0.05) is 34.1 Å². The fraction of sp³-hybridized carbons (Fsp3) is 0.125. The average molecular weight is 333 g/mol. The van der Waals surface area contributed by atoms with E-state index >= 15 is 0 Å². The zero-order chi connectivity index (χ0) is 14.5. The van der Waals surface area contributed by atoms with Crippen LogP contribution in [0.5, 0.6) is 5.75 Å². The second-order valence-electron chi connectivity index (χ2n) is 4.26. The molecule has 0 heterocycles. The van der Waals surface area contributed by atoms with Gasteiger partial charge in [0.2, 0.25) is 0 Å². The van der Waals surface area contributed by atoms with Crippen LogP contribution < -0.4 is 4.74 Å². The fourth-order valence-electron chi connectivity index (χ4n) is 1.66. The molecule has 102 valence electrons. The number of hydrogen-bond acceptors (Lipinski definition) is 3. The van der Waals surface area contributed by atoms with E-state index in [-0.39, 0.29) is 10.6 Å². The molecule has 20 heavy (non-hydrogen) atoms. The molecule has 0 radical (unpaired) electrons. The van der Waals surface area contributed by atoms with E-state index < -0.39 is 5.97 Å². The molecule has 1 atom stereocenters. The molecular formula is C16H13BrO3. The number of halogens is 1. The number of esters is 1. The molecule has 2 aromatic rings. The maximum absolute atomic E-state index is 11.8. The van der Waals surface area contributed by atoms with Crippen molar-refractivity contribution in [1.29, 1.82) is 0 Å². The largest absolute Gasteiger partial charge is 0.423 e.